The van der Waals surface area contributed by atoms with Crippen LogP contribution < -0.4 is 4.74 Å². The molecule has 154 valence electrons. The van der Waals surface area contributed by atoms with Crippen molar-refractivity contribution in [1.82, 2.24) is 24.8 Å². The van der Waals surface area contributed by atoms with E-state index in [1.54, 1.807) is 4.90 Å². The third-order valence-electron chi connectivity index (χ3n) is 4.50. The van der Waals surface area contributed by atoms with E-state index in [-0.39, 0.29) is 35.1 Å². The van der Waals surface area contributed by atoms with Gasteiger partial charge in [0.25, 0.3) is 5.91 Å². The van der Waals surface area contributed by atoms with Crippen LogP contribution in [0.4, 0.5) is 13.2 Å². The summed E-state index contributed by atoms with van der Waals surface area (Å²) in [6.07, 6.45) is -1.32. The van der Waals surface area contributed by atoms with Crippen molar-refractivity contribution in [3.8, 4) is 11.6 Å². The van der Waals surface area contributed by atoms with E-state index in [0.717, 1.165) is 12.1 Å². The molecule has 1 amide bonds. The van der Waals surface area contributed by atoms with Crippen molar-refractivity contribution >= 4 is 17.5 Å². The number of halogens is 4. The molecule has 11 heteroatoms. The van der Waals surface area contributed by atoms with Crippen LogP contribution in [0.1, 0.15) is 27.3 Å². The van der Waals surface area contributed by atoms with E-state index >= 15 is 0 Å². The minimum Gasteiger partial charge on any atom is -0.439 e. The number of benzene rings is 1. The lowest BCUT2D eigenvalue weighted by atomic mass is 10.1. The Kier molecular flexibility index (Phi) is 5.25. The van der Waals surface area contributed by atoms with Crippen molar-refractivity contribution < 1.29 is 22.7 Å². The Morgan fingerprint density at radius 3 is 2.57 bits per heavy atom. The highest BCUT2D eigenvalue weighted by Gasteiger charge is 2.30. The summed E-state index contributed by atoms with van der Waals surface area (Å²) in [7, 11) is 0. The Labute approximate surface area is 173 Å². The summed E-state index contributed by atoms with van der Waals surface area (Å²) >= 11 is 5.75. The fourth-order valence-electron chi connectivity index (χ4n) is 3.03. The summed E-state index contributed by atoms with van der Waals surface area (Å²) in [5.74, 6) is 0.156. The zero-order chi connectivity index (χ0) is 21.3. The van der Waals surface area contributed by atoms with Gasteiger partial charge in [0.1, 0.15) is 17.8 Å². The van der Waals surface area contributed by atoms with E-state index in [2.05, 4.69) is 19.9 Å². The first-order valence-electron chi connectivity index (χ1n) is 8.77. The van der Waals surface area contributed by atoms with Gasteiger partial charge in [0.15, 0.2) is 0 Å². The maximum atomic E-state index is 12.7. The highest BCUT2D eigenvalue weighted by atomic mass is 35.5. The van der Waals surface area contributed by atoms with Gasteiger partial charge < -0.3 is 9.64 Å². The quantitative estimate of drug-likeness (QED) is 0.580. The first-order chi connectivity index (χ1) is 14.3. The predicted molar refractivity (Wildman–Crippen MR) is 99.0 cm³/mol. The van der Waals surface area contributed by atoms with Crippen LogP contribution in [0.5, 0.6) is 11.6 Å². The van der Waals surface area contributed by atoms with Crippen molar-refractivity contribution in [1.29, 1.82) is 0 Å². The van der Waals surface area contributed by atoms with Crippen molar-refractivity contribution in [2.75, 3.05) is 6.54 Å². The van der Waals surface area contributed by atoms with E-state index in [9.17, 15) is 18.0 Å². The predicted octanol–water partition coefficient (Wildman–Crippen LogP) is 3.93. The molecule has 2 aromatic heterocycles. The number of nitrogens with zero attached hydrogens (tertiary/aromatic N) is 5. The molecule has 7 nitrogen and oxygen atoms in total. The van der Waals surface area contributed by atoms with E-state index in [1.165, 1.54) is 30.7 Å². The number of hydrogen-bond donors (Lipinski definition) is 0. The van der Waals surface area contributed by atoms with Crippen LogP contribution in [0.15, 0.2) is 42.9 Å². The monoisotopic (exact) mass is 435 g/mol. The Morgan fingerprint density at radius 2 is 1.87 bits per heavy atom. The summed E-state index contributed by atoms with van der Waals surface area (Å²) in [4.78, 5) is 30.2. The van der Waals surface area contributed by atoms with Crippen molar-refractivity contribution in [3.05, 3.63) is 70.7 Å². The van der Waals surface area contributed by atoms with Gasteiger partial charge in [-0.3, -0.25) is 4.79 Å². The summed E-state index contributed by atoms with van der Waals surface area (Å²) in [6.45, 7) is 0.575. The van der Waals surface area contributed by atoms with Gasteiger partial charge in [-0.1, -0.05) is 0 Å². The van der Waals surface area contributed by atoms with Gasteiger partial charge in [-0.2, -0.15) is 13.2 Å². The zero-order valence-electron chi connectivity index (χ0n) is 15.2. The number of aromatic nitrogens is 4. The molecule has 1 aromatic carbocycles. The Balaban J connectivity index is 1.52. The van der Waals surface area contributed by atoms with Gasteiger partial charge in [-0.15, -0.1) is 0 Å². The standard InChI is InChI=1S/C19H13ClF3N5O2/c20-18-24-7-5-14(27-18)17(29)28-8-6-13-15(9-28)25-10-26-16(13)30-12-3-1-11(2-4-12)19(21,22)23/h1-5,7,10H,6,8-9H2. The minimum absolute atomic E-state index is 0.0205. The molecule has 1 aliphatic rings. The number of ether oxygens (including phenoxy) is 1. The van der Waals surface area contributed by atoms with Crippen molar-refractivity contribution in [2.45, 2.75) is 19.1 Å². The number of alkyl halides is 3. The number of carbonyl (C=O) groups is 1. The largest absolute Gasteiger partial charge is 0.439 e. The van der Waals surface area contributed by atoms with E-state index < -0.39 is 11.7 Å². The SMILES string of the molecule is O=C(c1ccnc(Cl)n1)N1CCc2c(ncnc2Oc2ccc(C(F)(F)F)cc2)C1. The highest BCUT2D eigenvalue weighted by Crippen LogP contribution is 2.32. The summed E-state index contributed by atoms with van der Waals surface area (Å²) in [6, 6.07) is 5.82. The van der Waals surface area contributed by atoms with Crippen LogP contribution in [0.25, 0.3) is 0 Å². The van der Waals surface area contributed by atoms with Crippen molar-refractivity contribution in [2.24, 2.45) is 0 Å². The highest BCUT2D eigenvalue weighted by molar-refractivity contribution is 6.28. The fourth-order valence-corrected chi connectivity index (χ4v) is 3.17. The van der Waals surface area contributed by atoms with Crippen LogP contribution in [-0.4, -0.2) is 37.3 Å². The van der Waals surface area contributed by atoms with E-state index in [0.29, 0.717) is 24.2 Å². The third-order valence-corrected chi connectivity index (χ3v) is 4.68. The molecule has 0 saturated heterocycles. The minimum atomic E-state index is -4.42. The second kappa shape index (κ2) is 7.86. The lowest BCUT2D eigenvalue weighted by Gasteiger charge is -2.28. The van der Waals surface area contributed by atoms with E-state index in [4.69, 9.17) is 16.3 Å². The Hall–Kier alpha value is -3.27. The maximum absolute atomic E-state index is 12.7. The van der Waals surface area contributed by atoms with Gasteiger partial charge in [-0.25, -0.2) is 19.9 Å². The molecule has 30 heavy (non-hydrogen) atoms. The summed E-state index contributed by atoms with van der Waals surface area (Å²) in [5, 5.41) is -0.0205. The molecule has 0 aliphatic carbocycles. The maximum Gasteiger partial charge on any atom is 0.416 e. The molecule has 0 saturated carbocycles. The zero-order valence-corrected chi connectivity index (χ0v) is 16.0. The molecule has 0 radical (unpaired) electrons. The molecule has 3 aromatic rings. The van der Waals surface area contributed by atoms with Crippen LogP contribution in [-0.2, 0) is 19.1 Å². The lowest BCUT2D eigenvalue weighted by Crippen LogP contribution is -2.37. The molecular formula is C19H13ClF3N5O2. The molecule has 0 bridgehead atoms. The molecule has 0 fully saturated rings. The van der Waals surface area contributed by atoms with Crippen molar-refractivity contribution in [3.63, 3.8) is 0 Å². The average molecular weight is 436 g/mol. The third kappa shape index (κ3) is 4.18. The normalized spacial score (nSPS) is 13.7. The second-order valence-corrected chi connectivity index (χ2v) is 6.75. The Morgan fingerprint density at radius 1 is 1.10 bits per heavy atom. The van der Waals surface area contributed by atoms with Gasteiger partial charge in [0.05, 0.1) is 17.8 Å². The van der Waals surface area contributed by atoms with Gasteiger partial charge in [0, 0.05) is 18.3 Å². The molecule has 0 atom stereocenters. The number of amides is 1. The average Bonchev–Trinajstić information content (AvgIpc) is 2.73. The molecule has 0 spiro atoms. The second-order valence-electron chi connectivity index (χ2n) is 6.42. The molecule has 3 heterocycles. The van der Waals surface area contributed by atoms with Gasteiger partial charge in [0.2, 0.25) is 11.2 Å². The topological polar surface area (TPSA) is 81.1 Å². The molecular weight excluding hydrogens is 423 g/mol. The van der Waals surface area contributed by atoms with Crippen LogP contribution in [0.3, 0.4) is 0 Å². The number of carbonyl (C=O) groups excluding carboxylic acids is 1. The number of rotatable bonds is 3. The molecule has 0 unspecified atom stereocenters. The molecule has 0 N–H and O–H groups in total. The number of hydrogen-bond acceptors (Lipinski definition) is 6. The lowest BCUT2D eigenvalue weighted by molar-refractivity contribution is -0.137. The summed E-state index contributed by atoms with van der Waals surface area (Å²) < 4.78 is 43.8. The smallest absolute Gasteiger partial charge is 0.416 e. The van der Waals surface area contributed by atoms with Crippen LogP contribution in [0.2, 0.25) is 5.28 Å². The summed E-state index contributed by atoms with van der Waals surface area (Å²) in [5.41, 5.74) is 0.695. The molecule has 1 aliphatic heterocycles. The fraction of sp³-hybridized carbons (Fsp3) is 0.211. The van der Waals surface area contributed by atoms with Gasteiger partial charge in [-0.05, 0) is 48.4 Å². The molecule has 4 rings (SSSR count). The first kappa shape index (κ1) is 20.0. The van der Waals surface area contributed by atoms with Crippen LogP contribution >= 0.6 is 11.6 Å². The Bertz CT molecular complexity index is 1090. The first-order valence-corrected chi connectivity index (χ1v) is 9.15. The van der Waals surface area contributed by atoms with E-state index in [1.807, 2.05) is 0 Å². The van der Waals surface area contributed by atoms with Gasteiger partial charge >= 0.3 is 6.18 Å². The number of fused-ring (bicyclic) bond motifs is 1. The van der Waals surface area contributed by atoms with Crippen LogP contribution in [0, 0.1) is 0 Å².